The fraction of sp³-hybridized carbons (Fsp3) is 0.375. The molecule has 0 spiro atoms. The average molecular weight is 514 g/mol. The van der Waals surface area contributed by atoms with Crippen LogP contribution in [0, 0.1) is 18.3 Å². The van der Waals surface area contributed by atoms with Crippen LogP contribution in [0.15, 0.2) is 36.7 Å². The zero-order valence-corrected chi connectivity index (χ0v) is 20.3. The first-order valence-corrected chi connectivity index (χ1v) is 11.4. The minimum atomic E-state index is -2.51. The zero-order valence-electron chi connectivity index (χ0n) is 19.5. The van der Waals surface area contributed by atoms with E-state index in [1.54, 1.807) is 60.2 Å². The molecule has 1 fully saturated rings. The summed E-state index contributed by atoms with van der Waals surface area (Å²) in [5.41, 5.74) is -1.05. The molecule has 3 unspecified atom stereocenters. The number of rotatable bonds is 9. The van der Waals surface area contributed by atoms with Crippen LogP contribution in [0.3, 0.4) is 0 Å². The number of terminal acetylenes is 1. The van der Waals surface area contributed by atoms with Crippen molar-refractivity contribution in [3.8, 4) is 12.3 Å². The highest BCUT2D eigenvalue weighted by atomic mass is 35.5. The topological polar surface area (TPSA) is 140 Å². The highest BCUT2D eigenvalue weighted by Crippen LogP contribution is 2.36. The number of carbonyl (C=O) groups is 2. The van der Waals surface area contributed by atoms with Crippen LogP contribution in [0.5, 0.6) is 0 Å². The van der Waals surface area contributed by atoms with Gasteiger partial charge in [-0.05, 0) is 17.2 Å². The first kappa shape index (κ1) is 25.4. The number of nitrogens with zero attached hydrogens (tertiary/aromatic N) is 5. The minimum absolute atomic E-state index is 0.0351. The van der Waals surface area contributed by atoms with E-state index in [1.807, 2.05) is 0 Å². The quantitative estimate of drug-likeness (QED) is 0.248. The van der Waals surface area contributed by atoms with E-state index in [0.29, 0.717) is 29.0 Å². The van der Waals surface area contributed by atoms with Crippen molar-refractivity contribution in [3.05, 3.63) is 47.5 Å². The largest absolute Gasteiger partial charge is 0.479 e. The first-order valence-electron chi connectivity index (χ1n) is 11.0. The van der Waals surface area contributed by atoms with Crippen LogP contribution in [0.1, 0.15) is 18.2 Å². The summed E-state index contributed by atoms with van der Waals surface area (Å²) in [5, 5.41) is 19.7. The summed E-state index contributed by atoms with van der Waals surface area (Å²) in [4.78, 5) is 38.9. The lowest BCUT2D eigenvalue weighted by Crippen LogP contribution is -2.52. The molecule has 1 aromatic carbocycles. The molecule has 0 aliphatic carbocycles. The number of anilines is 1. The predicted octanol–water partition coefficient (Wildman–Crippen LogP) is 2.25. The predicted molar refractivity (Wildman–Crippen MR) is 130 cm³/mol. The fourth-order valence-corrected chi connectivity index (χ4v) is 4.31. The molecule has 3 atom stereocenters. The summed E-state index contributed by atoms with van der Waals surface area (Å²) in [7, 11) is 3.61. The Morgan fingerprint density at radius 1 is 1.28 bits per heavy atom. The van der Waals surface area contributed by atoms with E-state index in [2.05, 4.69) is 20.9 Å². The van der Waals surface area contributed by atoms with Crippen molar-refractivity contribution < 1.29 is 29.3 Å². The molecule has 3 heterocycles. The van der Waals surface area contributed by atoms with Gasteiger partial charge in [0.1, 0.15) is 6.23 Å². The standard InChI is InChI=1S/C24H24ClN5O6/c1-4-15-10-17(30-13-26-18-19(29(2)3)27-23(25)28-20(18)30)36-16(15)12-35-24(21(31)32,22(33)34)11-14-8-6-5-7-9-14/h1,5-9,13,15-17H,10-12H2,2-3H3,(H,31,32)(H,33,34). The Morgan fingerprint density at radius 3 is 2.58 bits per heavy atom. The summed E-state index contributed by atoms with van der Waals surface area (Å²) in [6.07, 6.45) is 5.87. The summed E-state index contributed by atoms with van der Waals surface area (Å²) in [5.74, 6) is -0.540. The Balaban J connectivity index is 1.58. The van der Waals surface area contributed by atoms with Gasteiger partial charge in [-0.25, -0.2) is 14.6 Å². The van der Waals surface area contributed by atoms with E-state index in [9.17, 15) is 19.8 Å². The van der Waals surface area contributed by atoms with Gasteiger partial charge in [-0.1, -0.05) is 30.3 Å². The Morgan fingerprint density at radius 2 is 1.97 bits per heavy atom. The molecule has 1 aliphatic heterocycles. The second-order valence-electron chi connectivity index (χ2n) is 8.58. The third-order valence-corrected chi connectivity index (χ3v) is 6.21. The molecule has 0 saturated carbocycles. The Bertz CT molecular complexity index is 1310. The number of aliphatic carboxylic acids is 2. The second-order valence-corrected chi connectivity index (χ2v) is 8.92. The molecule has 0 bridgehead atoms. The van der Waals surface area contributed by atoms with E-state index >= 15 is 0 Å². The van der Waals surface area contributed by atoms with Crippen molar-refractivity contribution in [2.45, 2.75) is 30.8 Å². The summed E-state index contributed by atoms with van der Waals surface area (Å²) in [6, 6.07) is 8.40. The van der Waals surface area contributed by atoms with Crippen LogP contribution in [-0.2, 0) is 25.5 Å². The molecule has 3 aromatic rings. The van der Waals surface area contributed by atoms with Crippen molar-refractivity contribution in [3.63, 3.8) is 0 Å². The van der Waals surface area contributed by atoms with Crippen molar-refractivity contribution in [1.82, 2.24) is 19.5 Å². The van der Waals surface area contributed by atoms with Gasteiger partial charge in [-0.2, -0.15) is 9.97 Å². The highest BCUT2D eigenvalue weighted by molar-refractivity contribution is 6.28. The molecule has 1 aliphatic rings. The summed E-state index contributed by atoms with van der Waals surface area (Å²) >= 11 is 6.12. The summed E-state index contributed by atoms with van der Waals surface area (Å²) < 4.78 is 13.4. The number of aromatic nitrogens is 4. The average Bonchev–Trinajstić information content (AvgIpc) is 3.45. The van der Waals surface area contributed by atoms with Gasteiger partial charge in [-0.15, -0.1) is 12.3 Å². The molecule has 12 heteroatoms. The van der Waals surface area contributed by atoms with Gasteiger partial charge in [-0.3, -0.25) is 4.57 Å². The number of fused-ring (bicyclic) bond motifs is 1. The smallest absolute Gasteiger partial charge is 0.348 e. The van der Waals surface area contributed by atoms with Crippen LogP contribution < -0.4 is 4.90 Å². The molecule has 0 radical (unpaired) electrons. The number of carboxylic acid groups (broad SMARTS) is 2. The maximum Gasteiger partial charge on any atom is 0.348 e. The van der Waals surface area contributed by atoms with Gasteiger partial charge < -0.3 is 24.6 Å². The van der Waals surface area contributed by atoms with E-state index in [0.717, 1.165) is 0 Å². The lowest BCUT2D eigenvalue weighted by Gasteiger charge is -2.27. The maximum atomic E-state index is 12.1. The van der Waals surface area contributed by atoms with Crippen LogP contribution in [0.2, 0.25) is 5.28 Å². The second kappa shape index (κ2) is 10.1. The van der Waals surface area contributed by atoms with Crippen molar-refractivity contribution >= 4 is 40.5 Å². The van der Waals surface area contributed by atoms with Crippen LogP contribution >= 0.6 is 11.6 Å². The number of carboxylic acids is 2. The van der Waals surface area contributed by atoms with Crippen LogP contribution in [-0.4, -0.2) is 74.1 Å². The maximum absolute atomic E-state index is 12.1. The summed E-state index contributed by atoms with van der Waals surface area (Å²) in [6.45, 7) is -0.345. The van der Waals surface area contributed by atoms with Crippen LogP contribution in [0.4, 0.5) is 5.82 Å². The molecule has 2 N–H and O–H groups in total. The van der Waals surface area contributed by atoms with E-state index in [1.165, 1.54) is 0 Å². The zero-order chi connectivity index (χ0) is 26.0. The number of hydrogen-bond acceptors (Lipinski definition) is 8. The van der Waals surface area contributed by atoms with E-state index < -0.39 is 35.8 Å². The third-order valence-electron chi connectivity index (χ3n) is 6.04. The number of hydrogen-bond donors (Lipinski definition) is 2. The van der Waals surface area contributed by atoms with Gasteiger partial charge in [0.15, 0.2) is 17.0 Å². The molecular formula is C24H24ClN5O6. The molecular weight excluding hydrogens is 490 g/mol. The number of benzene rings is 1. The molecule has 4 rings (SSSR count). The lowest BCUT2D eigenvalue weighted by atomic mass is 9.94. The Labute approximate surface area is 211 Å². The van der Waals surface area contributed by atoms with Gasteiger partial charge in [0.05, 0.1) is 25.0 Å². The molecule has 0 amide bonds. The van der Waals surface area contributed by atoms with Gasteiger partial charge in [0.2, 0.25) is 5.28 Å². The molecule has 188 valence electrons. The third kappa shape index (κ3) is 4.70. The number of imidazole rings is 1. The normalized spacial score (nSPS) is 19.8. The minimum Gasteiger partial charge on any atom is -0.479 e. The Kier molecular flexibility index (Phi) is 7.12. The van der Waals surface area contributed by atoms with Gasteiger partial charge >= 0.3 is 11.9 Å². The van der Waals surface area contributed by atoms with Gasteiger partial charge in [0, 0.05) is 26.9 Å². The molecule has 2 aromatic heterocycles. The van der Waals surface area contributed by atoms with Crippen molar-refractivity contribution in [2.75, 3.05) is 25.6 Å². The fourth-order valence-electron chi connectivity index (χ4n) is 4.15. The SMILES string of the molecule is C#CC1CC(n2cnc3c(N(C)C)nc(Cl)nc32)OC1COC(Cc1ccccc1)(C(=O)O)C(=O)O. The van der Waals surface area contributed by atoms with Crippen molar-refractivity contribution in [2.24, 2.45) is 5.92 Å². The number of ether oxygens (including phenoxy) is 2. The van der Waals surface area contributed by atoms with E-state index in [-0.39, 0.29) is 18.3 Å². The molecule has 1 saturated heterocycles. The first-order chi connectivity index (χ1) is 17.2. The molecule has 11 nitrogen and oxygen atoms in total. The lowest BCUT2D eigenvalue weighted by molar-refractivity contribution is -0.188. The number of halogens is 1. The van der Waals surface area contributed by atoms with Crippen LogP contribution in [0.25, 0.3) is 11.2 Å². The van der Waals surface area contributed by atoms with Crippen molar-refractivity contribution in [1.29, 1.82) is 0 Å². The van der Waals surface area contributed by atoms with Gasteiger partial charge in [0.25, 0.3) is 5.60 Å². The Hall–Kier alpha value is -3.72. The molecule has 36 heavy (non-hydrogen) atoms. The van der Waals surface area contributed by atoms with E-state index in [4.69, 9.17) is 27.5 Å². The highest BCUT2D eigenvalue weighted by Gasteiger charge is 2.50. The monoisotopic (exact) mass is 513 g/mol.